The zero-order valence-corrected chi connectivity index (χ0v) is 15.4. The van der Waals surface area contributed by atoms with E-state index in [0.29, 0.717) is 0 Å². The van der Waals surface area contributed by atoms with Gasteiger partial charge >= 0.3 is 0 Å². The predicted octanol–water partition coefficient (Wildman–Crippen LogP) is 3.48. The number of para-hydroxylation sites is 1. The highest BCUT2D eigenvalue weighted by molar-refractivity contribution is 7.92. The zero-order chi connectivity index (χ0) is 19.4. The molecule has 1 heterocycles. The van der Waals surface area contributed by atoms with Crippen molar-refractivity contribution in [3.63, 3.8) is 0 Å². The molecule has 0 radical (unpaired) electrons. The molecule has 0 saturated heterocycles. The van der Waals surface area contributed by atoms with Crippen LogP contribution in [-0.4, -0.2) is 25.7 Å². The SMILES string of the molecule is COc1ccc(C)cc1S(=O)(=O)Nc1ccc(Nc2ccccc2F)nn1. The number of sulfonamides is 1. The Balaban J connectivity index is 1.80. The van der Waals surface area contributed by atoms with Gasteiger partial charge in [0.15, 0.2) is 11.6 Å². The Labute approximate surface area is 156 Å². The molecule has 2 aromatic carbocycles. The van der Waals surface area contributed by atoms with E-state index in [2.05, 4.69) is 20.2 Å². The van der Waals surface area contributed by atoms with Crippen molar-refractivity contribution in [2.75, 3.05) is 17.1 Å². The van der Waals surface area contributed by atoms with E-state index in [-0.39, 0.29) is 28.0 Å². The fraction of sp³-hybridized carbons (Fsp3) is 0.111. The van der Waals surface area contributed by atoms with Gasteiger partial charge in [0.25, 0.3) is 10.0 Å². The lowest BCUT2D eigenvalue weighted by Crippen LogP contribution is -2.15. The number of benzene rings is 2. The van der Waals surface area contributed by atoms with Crippen LogP contribution in [0, 0.1) is 12.7 Å². The van der Waals surface area contributed by atoms with E-state index in [9.17, 15) is 12.8 Å². The first-order chi connectivity index (χ1) is 12.9. The number of nitrogens with one attached hydrogen (secondary N) is 2. The van der Waals surface area contributed by atoms with Gasteiger partial charge < -0.3 is 10.1 Å². The highest BCUT2D eigenvalue weighted by atomic mass is 32.2. The molecule has 3 aromatic rings. The normalized spacial score (nSPS) is 11.1. The first-order valence-corrected chi connectivity index (χ1v) is 9.40. The van der Waals surface area contributed by atoms with Crippen LogP contribution in [0.3, 0.4) is 0 Å². The third kappa shape index (κ3) is 4.32. The molecule has 0 atom stereocenters. The maximum atomic E-state index is 13.7. The molecule has 27 heavy (non-hydrogen) atoms. The third-order valence-electron chi connectivity index (χ3n) is 3.65. The molecule has 7 nitrogen and oxygen atoms in total. The van der Waals surface area contributed by atoms with Crippen LogP contribution in [0.5, 0.6) is 5.75 Å². The van der Waals surface area contributed by atoms with Gasteiger partial charge in [-0.05, 0) is 48.9 Å². The molecule has 0 aliphatic carbocycles. The Bertz CT molecular complexity index is 1060. The molecule has 0 saturated carbocycles. The van der Waals surface area contributed by atoms with E-state index < -0.39 is 15.8 Å². The van der Waals surface area contributed by atoms with Crippen molar-refractivity contribution in [1.29, 1.82) is 0 Å². The van der Waals surface area contributed by atoms with Gasteiger partial charge in [0.05, 0.1) is 12.8 Å². The lowest BCUT2D eigenvalue weighted by atomic mass is 10.2. The standard InChI is InChI=1S/C18H17FN4O3S/c1-12-7-8-15(26-2)16(11-12)27(24,25)23-18-10-9-17(21-22-18)20-14-6-4-3-5-13(14)19/h3-11H,1-2H3,(H,20,21)(H,22,23). The van der Waals surface area contributed by atoms with Crippen molar-refractivity contribution >= 4 is 27.3 Å². The third-order valence-corrected chi connectivity index (χ3v) is 5.02. The van der Waals surface area contributed by atoms with Gasteiger partial charge in [-0.15, -0.1) is 10.2 Å². The summed E-state index contributed by atoms with van der Waals surface area (Å²) in [5.74, 6) is 0.0864. The van der Waals surface area contributed by atoms with Crippen LogP contribution in [-0.2, 0) is 10.0 Å². The predicted molar refractivity (Wildman–Crippen MR) is 100 cm³/mol. The minimum Gasteiger partial charge on any atom is -0.495 e. The van der Waals surface area contributed by atoms with Crippen LogP contribution in [0.4, 0.5) is 21.7 Å². The maximum Gasteiger partial charge on any atom is 0.266 e. The molecule has 9 heteroatoms. The van der Waals surface area contributed by atoms with Crippen molar-refractivity contribution < 1.29 is 17.5 Å². The molecule has 3 rings (SSSR count). The Hall–Kier alpha value is -3.20. The first-order valence-electron chi connectivity index (χ1n) is 7.92. The minimum absolute atomic E-state index is 0.000332. The van der Waals surface area contributed by atoms with E-state index in [1.165, 1.54) is 31.4 Å². The molecule has 0 aliphatic heterocycles. The number of aryl methyl sites for hydroxylation is 1. The summed E-state index contributed by atoms with van der Waals surface area (Å²) in [5.41, 5.74) is 1.01. The largest absolute Gasteiger partial charge is 0.495 e. The summed E-state index contributed by atoms with van der Waals surface area (Å²) in [5, 5.41) is 10.5. The number of hydrogen-bond donors (Lipinski definition) is 2. The summed E-state index contributed by atoms with van der Waals surface area (Å²) in [6.07, 6.45) is 0. The molecule has 0 unspecified atom stereocenters. The van der Waals surface area contributed by atoms with Gasteiger partial charge in [0.2, 0.25) is 0 Å². The Morgan fingerprint density at radius 1 is 1.00 bits per heavy atom. The second-order valence-corrected chi connectivity index (χ2v) is 7.32. The molecular formula is C18H17FN4O3S. The van der Waals surface area contributed by atoms with Crippen LogP contribution in [0.15, 0.2) is 59.5 Å². The van der Waals surface area contributed by atoms with E-state index in [0.717, 1.165) is 5.56 Å². The molecule has 1 aromatic heterocycles. The van der Waals surface area contributed by atoms with E-state index in [1.807, 2.05) is 0 Å². The Morgan fingerprint density at radius 2 is 1.70 bits per heavy atom. The van der Waals surface area contributed by atoms with Gasteiger partial charge in [-0.1, -0.05) is 18.2 Å². The highest BCUT2D eigenvalue weighted by Gasteiger charge is 2.20. The number of halogens is 1. The second-order valence-electron chi connectivity index (χ2n) is 5.67. The van der Waals surface area contributed by atoms with E-state index in [1.54, 1.807) is 37.3 Å². The van der Waals surface area contributed by atoms with Crippen molar-refractivity contribution in [1.82, 2.24) is 10.2 Å². The number of nitrogens with zero attached hydrogens (tertiary/aromatic N) is 2. The topological polar surface area (TPSA) is 93.2 Å². The van der Waals surface area contributed by atoms with E-state index >= 15 is 0 Å². The monoisotopic (exact) mass is 388 g/mol. The molecular weight excluding hydrogens is 371 g/mol. The Morgan fingerprint density at radius 3 is 2.37 bits per heavy atom. The van der Waals surface area contributed by atoms with Crippen molar-refractivity contribution in [3.05, 3.63) is 66.0 Å². The lowest BCUT2D eigenvalue weighted by molar-refractivity contribution is 0.402. The van der Waals surface area contributed by atoms with E-state index in [4.69, 9.17) is 4.74 Å². The summed E-state index contributed by atoms with van der Waals surface area (Å²) in [4.78, 5) is 0.000332. The smallest absolute Gasteiger partial charge is 0.266 e. The van der Waals surface area contributed by atoms with Crippen molar-refractivity contribution in [2.24, 2.45) is 0 Å². The highest BCUT2D eigenvalue weighted by Crippen LogP contribution is 2.26. The van der Waals surface area contributed by atoms with Crippen molar-refractivity contribution in [3.8, 4) is 5.75 Å². The summed E-state index contributed by atoms with van der Waals surface area (Å²) < 4.78 is 46.4. The maximum absolute atomic E-state index is 13.7. The van der Waals surface area contributed by atoms with Gasteiger partial charge in [0, 0.05) is 0 Å². The van der Waals surface area contributed by atoms with Crippen LogP contribution in [0.25, 0.3) is 0 Å². The number of rotatable bonds is 6. The number of ether oxygens (including phenoxy) is 1. The number of aromatic nitrogens is 2. The van der Waals surface area contributed by atoms with Crippen molar-refractivity contribution in [2.45, 2.75) is 11.8 Å². The second kappa shape index (κ2) is 7.58. The quantitative estimate of drug-likeness (QED) is 0.672. The molecule has 0 bridgehead atoms. The molecule has 2 N–H and O–H groups in total. The molecule has 0 fully saturated rings. The number of anilines is 3. The molecule has 0 amide bonds. The van der Waals surface area contributed by atoms with Gasteiger partial charge in [-0.3, -0.25) is 4.72 Å². The fourth-order valence-electron chi connectivity index (χ4n) is 2.34. The van der Waals surface area contributed by atoms with Crippen LogP contribution >= 0.6 is 0 Å². The van der Waals surface area contributed by atoms with Crippen LogP contribution in [0.2, 0.25) is 0 Å². The average molecular weight is 388 g/mol. The van der Waals surface area contributed by atoms with Crippen LogP contribution < -0.4 is 14.8 Å². The van der Waals surface area contributed by atoms with Gasteiger partial charge in [-0.25, -0.2) is 12.8 Å². The lowest BCUT2D eigenvalue weighted by Gasteiger charge is -2.12. The minimum atomic E-state index is -3.91. The summed E-state index contributed by atoms with van der Waals surface area (Å²) in [7, 11) is -2.52. The summed E-state index contributed by atoms with van der Waals surface area (Å²) in [6.45, 7) is 1.78. The summed E-state index contributed by atoms with van der Waals surface area (Å²) in [6, 6.07) is 13.9. The first kappa shape index (κ1) is 18.6. The summed E-state index contributed by atoms with van der Waals surface area (Å²) >= 11 is 0. The molecule has 0 aliphatic rings. The molecule has 140 valence electrons. The number of methoxy groups -OCH3 is 1. The number of hydrogen-bond acceptors (Lipinski definition) is 6. The Kier molecular flexibility index (Phi) is 5.22. The van der Waals surface area contributed by atoms with Gasteiger partial charge in [0.1, 0.15) is 16.5 Å². The van der Waals surface area contributed by atoms with Crippen LogP contribution in [0.1, 0.15) is 5.56 Å². The molecule has 0 spiro atoms. The zero-order valence-electron chi connectivity index (χ0n) is 14.6. The van der Waals surface area contributed by atoms with Gasteiger partial charge in [-0.2, -0.15) is 0 Å². The fourth-order valence-corrected chi connectivity index (χ4v) is 3.59. The average Bonchev–Trinajstić information content (AvgIpc) is 2.65.